The summed E-state index contributed by atoms with van der Waals surface area (Å²) >= 11 is 5.81. The van der Waals surface area contributed by atoms with Crippen molar-refractivity contribution >= 4 is 29.3 Å². The Balaban J connectivity index is 2.78. The minimum atomic E-state index is -1.12. The van der Waals surface area contributed by atoms with E-state index >= 15 is 0 Å². The van der Waals surface area contributed by atoms with Crippen LogP contribution in [0.1, 0.15) is 24.2 Å². The molecule has 0 saturated heterocycles. The van der Waals surface area contributed by atoms with E-state index in [1.165, 1.54) is 25.3 Å². The van der Waals surface area contributed by atoms with Gasteiger partial charge in [-0.2, -0.15) is 0 Å². The number of hydrogen-bond acceptors (Lipinski definition) is 3. The second kappa shape index (κ2) is 6.58. The van der Waals surface area contributed by atoms with Crippen molar-refractivity contribution in [3.8, 4) is 0 Å². The van der Waals surface area contributed by atoms with Crippen LogP contribution in [-0.2, 0) is 4.74 Å². The molecular weight excluding hydrogens is 284 g/mol. The fourth-order valence-corrected chi connectivity index (χ4v) is 1.89. The Morgan fingerprint density at radius 1 is 1.35 bits per heavy atom. The molecule has 0 fully saturated rings. The summed E-state index contributed by atoms with van der Waals surface area (Å²) in [4.78, 5) is 22.7. The molecule has 110 valence electrons. The summed E-state index contributed by atoms with van der Waals surface area (Å²) in [5, 5.41) is 14.4. The number of aromatic carboxylic acids is 1. The highest BCUT2D eigenvalue weighted by Gasteiger charge is 2.20. The fourth-order valence-electron chi connectivity index (χ4n) is 1.65. The van der Waals surface area contributed by atoms with E-state index in [1.807, 2.05) is 0 Å². The lowest BCUT2D eigenvalue weighted by Gasteiger charge is -2.25. The van der Waals surface area contributed by atoms with Gasteiger partial charge in [-0.1, -0.05) is 11.6 Å². The number of carbonyl (C=O) groups excluding carboxylic acids is 1. The van der Waals surface area contributed by atoms with Gasteiger partial charge in [-0.15, -0.1) is 0 Å². The van der Waals surface area contributed by atoms with Crippen molar-refractivity contribution < 1.29 is 19.4 Å². The van der Waals surface area contributed by atoms with Crippen LogP contribution in [0.3, 0.4) is 0 Å². The van der Waals surface area contributed by atoms with E-state index in [4.69, 9.17) is 21.4 Å². The van der Waals surface area contributed by atoms with E-state index in [9.17, 15) is 9.59 Å². The minimum absolute atomic E-state index is 0.00366. The molecule has 0 bridgehead atoms. The van der Waals surface area contributed by atoms with Crippen LogP contribution in [0, 0.1) is 0 Å². The molecule has 0 saturated carbocycles. The number of nitrogens with one attached hydrogen (secondary N) is 2. The van der Waals surface area contributed by atoms with Crippen LogP contribution in [-0.4, -0.2) is 36.4 Å². The zero-order valence-corrected chi connectivity index (χ0v) is 12.2. The summed E-state index contributed by atoms with van der Waals surface area (Å²) in [5.41, 5.74) is -0.239. The van der Waals surface area contributed by atoms with Crippen LogP contribution in [0.5, 0.6) is 0 Å². The number of carbonyl (C=O) groups is 2. The molecule has 0 atom stereocenters. The van der Waals surface area contributed by atoms with Crippen LogP contribution >= 0.6 is 11.6 Å². The first-order valence-electron chi connectivity index (χ1n) is 5.85. The van der Waals surface area contributed by atoms with Crippen molar-refractivity contribution in [2.45, 2.75) is 19.4 Å². The number of benzene rings is 1. The highest BCUT2D eigenvalue weighted by atomic mass is 35.5. The Kier molecular flexibility index (Phi) is 5.35. The van der Waals surface area contributed by atoms with Gasteiger partial charge in [0.25, 0.3) is 0 Å². The molecule has 0 aromatic heterocycles. The van der Waals surface area contributed by atoms with E-state index < -0.39 is 17.5 Å². The lowest BCUT2D eigenvalue weighted by atomic mass is 10.1. The molecule has 0 unspecified atom stereocenters. The highest BCUT2D eigenvalue weighted by Crippen LogP contribution is 2.19. The van der Waals surface area contributed by atoms with Crippen LogP contribution in [0.15, 0.2) is 18.2 Å². The first-order chi connectivity index (χ1) is 9.23. The van der Waals surface area contributed by atoms with Gasteiger partial charge in [-0.3, -0.25) is 0 Å². The summed E-state index contributed by atoms with van der Waals surface area (Å²) in [6.07, 6.45) is 0. The topological polar surface area (TPSA) is 87.7 Å². The molecule has 0 radical (unpaired) electrons. The maximum absolute atomic E-state index is 11.8. The number of amides is 2. The molecule has 1 aromatic rings. The van der Waals surface area contributed by atoms with Gasteiger partial charge in [-0.25, -0.2) is 9.59 Å². The smallest absolute Gasteiger partial charge is 0.335 e. The lowest BCUT2D eigenvalue weighted by molar-refractivity contribution is 0.0697. The van der Waals surface area contributed by atoms with Gasteiger partial charge in [0, 0.05) is 17.8 Å². The SMILES string of the molecule is COCC(C)(C)NC(=O)Nc1cc(Cl)cc(C(=O)O)c1. The number of carboxylic acids is 1. The summed E-state index contributed by atoms with van der Waals surface area (Å²) in [6, 6.07) is 3.64. The van der Waals surface area contributed by atoms with E-state index in [2.05, 4.69) is 10.6 Å². The van der Waals surface area contributed by atoms with E-state index in [0.29, 0.717) is 12.3 Å². The van der Waals surface area contributed by atoms with Crippen molar-refractivity contribution in [1.82, 2.24) is 5.32 Å². The molecule has 0 spiro atoms. The number of halogens is 1. The molecule has 2 amide bonds. The highest BCUT2D eigenvalue weighted by molar-refractivity contribution is 6.31. The van der Waals surface area contributed by atoms with E-state index in [0.717, 1.165) is 0 Å². The van der Waals surface area contributed by atoms with Gasteiger partial charge in [0.15, 0.2) is 0 Å². The molecule has 0 heterocycles. The van der Waals surface area contributed by atoms with Gasteiger partial charge < -0.3 is 20.5 Å². The molecule has 0 aliphatic heterocycles. The molecule has 3 N–H and O–H groups in total. The maximum Gasteiger partial charge on any atom is 0.335 e. The number of urea groups is 1. The van der Waals surface area contributed by atoms with Crippen molar-refractivity contribution in [2.24, 2.45) is 0 Å². The zero-order chi connectivity index (χ0) is 15.3. The van der Waals surface area contributed by atoms with Crippen molar-refractivity contribution in [3.63, 3.8) is 0 Å². The Morgan fingerprint density at radius 2 is 2.00 bits per heavy atom. The standard InChI is InChI=1S/C13H17ClN2O4/c1-13(2,7-20-3)16-12(19)15-10-5-8(11(17)18)4-9(14)6-10/h4-6H,7H2,1-3H3,(H,17,18)(H2,15,16,19). The number of methoxy groups -OCH3 is 1. The Hall–Kier alpha value is -1.79. The largest absolute Gasteiger partial charge is 0.478 e. The molecule has 0 aliphatic rings. The number of hydrogen-bond donors (Lipinski definition) is 3. The van der Waals surface area contributed by atoms with Crippen LogP contribution in [0.2, 0.25) is 5.02 Å². The predicted octanol–water partition coefficient (Wildman–Crippen LogP) is 2.58. The van der Waals surface area contributed by atoms with Crippen molar-refractivity contribution in [3.05, 3.63) is 28.8 Å². The monoisotopic (exact) mass is 300 g/mol. The quantitative estimate of drug-likeness (QED) is 0.780. The minimum Gasteiger partial charge on any atom is -0.478 e. The predicted molar refractivity (Wildman–Crippen MR) is 76.5 cm³/mol. The van der Waals surface area contributed by atoms with Gasteiger partial charge >= 0.3 is 12.0 Å². The number of ether oxygens (including phenoxy) is 1. The summed E-state index contributed by atoms with van der Waals surface area (Å²) < 4.78 is 4.99. The average Bonchev–Trinajstić information content (AvgIpc) is 2.26. The third-order valence-electron chi connectivity index (χ3n) is 2.36. The van der Waals surface area contributed by atoms with Crippen LogP contribution in [0.4, 0.5) is 10.5 Å². The van der Waals surface area contributed by atoms with Gasteiger partial charge in [0.1, 0.15) is 0 Å². The van der Waals surface area contributed by atoms with E-state index in [-0.39, 0.29) is 10.6 Å². The van der Waals surface area contributed by atoms with Crippen LogP contribution in [0.25, 0.3) is 0 Å². The second-order valence-electron chi connectivity index (χ2n) is 4.93. The van der Waals surface area contributed by atoms with Crippen LogP contribution < -0.4 is 10.6 Å². The first kappa shape index (κ1) is 16.3. The van der Waals surface area contributed by atoms with Gasteiger partial charge in [0.2, 0.25) is 0 Å². The first-order valence-corrected chi connectivity index (χ1v) is 6.23. The number of anilines is 1. The molecule has 6 nitrogen and oxygen atoms in total. The second-order valence-corrected chi connectivity index (χ2v) is 5.37. The molecule has 20 heavy (non-hydrogen) atoms. The molecule has 0 aliphatic carbocycles. The molecule has 7 heteroatoms. The Bertz CT molecular complexity index is 517. The lowest BCUT2D eigenvalue weighted by Crippen LogP contribution is -2.48. The Labute approximate surface area is 122 Å². The third-order valence-corrected chi connectivity index (χ3v) is 2.58. The molecule has 1 aromatic carbocycles. The van der Waals surface area contributed by atoms with Crippen molar-refractivity contribution in [2.75, 3.05) is 19.0 Å². The normalized spacial score (nSPS) is 11.0. The summed E-state index contributed by atoms with van der Waals surface area (Å²) in [5.74, 6) is -1.12. The third kappa shape index (κ3) is 5.07. The van der Waals surface area contributed by atoms with Crippen molar-refractivity contribution in [1.29, 1.82) is 0 Å². The number of rotatable bonds is 5. The summed E-state index contributed by atoms with van der Waals surface area (Å²) in [6.45, 7) is 3.95. The zero-order valence-electron chi connectivity index (χ0n) is 11.5. The molecule has 1 rings (SSSR count). The average molecular weight is 301 g/mol. The molecular formula is C13H17ClN2O4. The Morgan fingerprint density at radius 3 is 2.55 bits per heavy atom. The number of carboxylic acid groups (broad SMARTS) is 1. The van der Waals surface area contributed by atoms with Gasteiger partial charge in [-0.05, 0) is 32.0 Å². The summed E-state index contributed by atoms with van der Waals surface area (Å²) in [7, 11) is 1.54. The fraction of sp³-hybridized carbons (Fsp3) is 0.385. The maximum atomic E-state index is 11.8. The van der Waals surface area contributed by atoms with Gasteiger partial charge in [0.05, 0.1) is 17.7 Å². The van der Waals surface area contributed by atoms with E-state index in [1.54, 1.807) is 13.8 Å².